The van der Waals surface area contributed by atoms with Crippen LogP contribution in [0.25, 0.3) is 0 Å². The number of rotatable bonds is 4. The summed E-state index contributed by atoms with van der Waals surface area (Å²) in [6.07, 6.45) is -2.05. The minimum atomic E-state index is -4.76. The van der Waals surface area contributed by atoms with Crippen molar-refractivity contribution in [2.24, 2.45) is 0 Å². The Morgan fingerprint density at radius 2 is 1.78 bits per heavy atom. The Hall–Kier alpha value is -1.80. The van der Waals surface area contributed by atoms with Gasteiger partial charge in [0.15, 0.2) is 0 Å². The lowest BCUT2D eigenvalue weighted by molar-refractivity contribution is -0.274. The zero-order valence-electron chi connectivity index (χ0n) is 15.3. The molecule has 0 spiro atoms. The Balaban J connectivity index is 1.82. The van der Waals surface area contributed by atoms with Gasteiger partial charge in [-0.25, -0.2) is 0 Å². The van der Waals surface area contributed by atoms with Crippen molar-refractivity contribution in [1.29, 1.82) is 0 Å². The summed E-state index contributed by atoms with van der Waals surface area (Å²) >= 11 is 0. The Morgan fingerprint density at radius 3 is 2.33 bits per heavy atom. The largest absolute Gasteiger partial charge is 0.573 e. The molecule has 0 bridgehead atoms. The van der Waals surface area contributed by atoms with Gasteiger partial charge in [0.1, 0.15) is 5.75 Å². The molecule has 2 aliphatic rings. The number of hydrogen-bond donors (Lipinski definition) is 1. The first kappa shape index (κ1) is 19.9. The Morgan fingerprint density at radius 1 is 1.11 bits per heavy atom. The average Bonchev–Trinajstić information content (AvgIpc) is 2.78. The summed E-state index contributed by atoms with van der Waals surface area (Å²) in [7, 11) is 2.00. The van der Waals surface area contributed by atoms with E-state index < -0.39 is 17.9 Å². The number of benzene rings is 1. The number of halogens is 3. The molecule has 8 heteroatoms. The summed E-state index contributed by atoms with van der Waals surface area (Å²) in [6.45, 7) is 2.86. The highest BCUT2D eigenvalue weighted by Gasteiger charge is 2.48. The molecule has 1 heterocycles. The molecule has 2 fully saturated rings. The molecule has 1 unspecified atom stereocenters. The summed E-state index contributed by atoms with van der Waals surface area (Å²) < 4.78 is 41.0. The molecule has 1 saturated heterocycles. The highest BCUT2D eigenvalue weighted by atomic mass is 19.4. The number of aliphatic hydroxyl groups is 1. The summed E-state index contributed by atoms with van der Waals surface area (Å²) in [5.41, 5.74) is -0.615. The number of hydrogen-bond acceptors (Lipinski definition) is 4. The quantitative estimate of drug-likeness (QED) is 0.865. The Kier molecular flexibility index (Phi) is 5.67. The zero-order valence-corrected chi connectivity index (χ0v) is 15.3. The molecule has 1 N–H and O–H groups in total. The van der Waals surface area contributed by atoms with E-state index in [0.29, 0.717) is 31.5 Å². The van der Waals surface area contributed by atoms with Crippen LogP contribution in [-0.2, 0) is 4.79 Å². The van der Waals surface area contributed by atoms with Crippen molar-refractivity contribution >= 4 is 5.91 Å². The van der Waals surface area contributed by atoms with E-state index in [2.05, 4.69) is 9.64 Å². The van der Waals surface area contributed by atoms with E-state index >= 15 is 0 Å². The van der Waals surface area contributed by atoms with E-state index in [1.54, 1.807) is 4.90 Å². The maximum atomic E-state index is 13.2. The standard InChI is InChI=1S/C19H25F3N2O3/c1-23-10-3-11-24(13-12-23)17(25)16(18(26)8-2-9-18)14-4-6-15(7-5-14)27-19(20,21)22/h4-7,16,26H,2-3,8-13H2,1H3. The van der Waals surface area contributed by atoms with Crippen LogP contribution in [0.4, 0.5) is 13.2 Å². The molecule has 1 aromatic rings. The van der Waals surface area contributed by atoms with Gasteiger partial charge in [-0.15, -0.1) is 13.2 Å². The third-order valence-electron chi connectivity index (χ3n) is 5.48. The monoisotopic (exact) mass is 386 g/mol. The first-order chi connectivity index (χ1) is 12.7. The van der Waals surface area contributed by atoms with Gasteiger partial charge < -0.3 is 19.6 Å². The molecule has 1 aromatic carbocycles. The number of alkyl halides is 3. The second-order valence-electron chi connectivity index (χ2n) is 7.49. The van der Waals surface area contributed by atoms with E-state index in [4.69, 9.17) is 0 Å². The van der Waals surface area contributed by atoms with E-state index in [1.165, 1.54) is 24.3 Å². The fourth-order valence-electron chi connectivity index (χ4n) is 3.82. The van der Waals surface area contributed by atoms with Gasteiger partial charge in [0.05, 0.1) is 11.5 Å². The summed E-state index contributed by atoms with van der Waals surface area (Å²) in [5.74, 6) is -1.26. The van der Waals surface area contributed by atoms with Crippen LogP contribution in [0, 0.1) is 0 Å². The second-order valence-corrected chi connectivity index (χ2v) is 7.49. The van der Waals surface area contributed by atoms with Crippen LogP contribution >= 0.6 is 0 Å². The summed E-state index contributed by atoms with van der Waals surface area (Å²) in [4.78, 5) is 17.2. The number of amides is 1. The predicted molar refractivity (Wildman–Crippen MR) is 93.4 cm³/mol. The van der Waals surface area contributed by atoms with Crippen LogP contribution in [-0.4, -0.2) is 66.0 Å². The second kappa shape index (κ2) is 7.67. The van der Waals surface area contributed by atoms with Gasteiger partial charge in [0, 0.05) is 19.6 Å². The van der Waals surface area contributed by atoms with Crippen molar-refractivity contribution < 1.29 is 27.8 Å². The van der Waals surface area contributed by atoms with Crippen LogP contribution in [0.2, 0.25) is 0 Å². The van der Waals surface area contributed by atoms with E-state index in [-0.39, 0.29) is 11.7 Å². The molecule has 0 aromatic heterocycles. The smallest absolute Gasteiger partial charge is 0.406 e. The summed E-state index contributed by atoms with van der Waals surface area (Å²) in [5, 5.41) is 10.9. The third kappa shape index (κ3) is 4.73. The van der Waals surface area contributed by atoms with E-state index in [9.17, 15) is 23.1 Å². The van der Waals surface area contributed by atoms with Crippen molar-refractivity contribution in [3.8, 4) is 5.75 Å². The van der Waals surface area contributed by atoms with Crippen molar-refractivity contribution in [1.82, 2.24) is 9.80 Å². The van der Waals surface area contributed by atoms with Gasteiger partial charge in [-0.05, 0) is 57.0 Å². The highest BCUT2D eigenvalue weighted by molar-refractivity contribution is 5.85. The molecule has 150 valence electrons. The normalized spacial score (nSPS) is 21.9. The fourth-order valence-corrected chi connectivity index (χ4v) is 3.82. The van der Waals surface area contributed by atoms with Crippen LogP contribution in [0.5, 0.6) is 5.75 Å². The average molecular weight is 386 g/mol. The molecule has 1 saturated carbocycles. The molecule has 27 heavy (non-hydrogen) atoms. The van der Waals surface area contributed by atoms with Crippen LogP contribution in [0.3, 0.4) is 0 Å². The van der Waals surface area contributed by atoms with Gasteiger partial charge in [0.25, 0.3) is 0 Å². The lowest BCUT2D eigenvalue weighted by atomic mass is 9.68. The molecule has 1 amide bonds. The van der Waals surface area contributed by atoms with Crippen LogP contribution in [0.1, 0.15) is 37.2 Å². The van der Waals surface area contributed by atoms with Gasteiger partial charge in [-0.3, -0.25) is 4.79 Å². The maximum absolute atomic E-state index is 13.2. The van der Waals surface area contributed by atoms with Crippen molar-refractivity contribution in [3.05, 3.63) is 29.8 Å². The molecular formula is C19H25F3N2O3. The lowest BCUT2D eigenvalue weighted by Gasteiger charge is -2.44. The Bertz CT molecular complexity index is 659. The van der Waals surface area contributed by atoms with Gasteiger partial charge in [-0.2, -0.15) is 0 Å². The SMILES string of the molecule is CN1CCCN(C(=O)C(c2ccc(OC(F)(F)F)cc2)C2(O)CCC2)CC1. The van der Waals surface area contributed by atoms with Crippen molar-refractivity contribution in [3.63, 3.8) is 0 Å². The van der Waals surface area contributed by atoms with Crippen molar-refractivity contribution in [2.75, 3.05) is 33.2 Å². The number of likely N-dealkylation sites (N-methyl/N-ethyl adjacent to an activating group) is 1. The summed E-state index contributed by atoms with van der Waals surface area (Å²) in [6, 6.07) is 5.29. The van der Waals surface area contributed by atoms with Gasteiger partial charge in [0.2, 0.25) is 5.91 Å². The maximum Gasteiger partial charge on any atom is 0.573 e. The highest BCUT2D eigenvalue weighted by Crippen LogP contribution is 2.45. The molecule has 1 atom stereocenters. The first-order valence-corrected chi connectivity index (χ1v) is 9.23. The van der Waals surface area contributed by atoms with Crippen LogP contribution < -0.4 is 4.74 Å². The molecule has 3 rings (SSSR count). The molecule has 1 aliphatic heterocycles. The zero-order chi connectivity index (χ0) is 19.7. The van der Waals surface area contributed by atoms with Gasteiger partial charge in [-0.1, -0.05) is 12.1 Å². The van der Waals surface area contributed by atoms with Gasteiger partial charge >= 0.3 is 6.36 Å². The minimum Gasteiger partial charge on any atom is -0.406 e. The van der Waals surface area contributed by atoms with E-state index in [0.717, 1.165) is 25.9 Å². The minimum absolute atomic E-state index is 0.156. The predicted octanol–water partition coefficient (Wildman–Crippen LogP) is 2.75. The Labute approximate surface area is 156 Å². The number of ether oxygens (including phenoxy) is 1. The van der Waals surface area contributed by atoms with E-state index in [1.807, 2.05) is 7.05 Å². The fraction of sp³-hybridized carbons (Fsp3) is 0.632. The number of carbonyl (C=O) groups is 1. The molecule has 0 radical (unpaired) electrons. The van der Waals surface area contributed by atoms with Crippen molar-refractivity contribution in [2.45, 2.75) is 43.6 Å². The molecular weight excluding hydrogens is 361 g/mol. The lowest BCUT2D eigenvalue weighted by Crippen LogP contribution is -2.51. The third-order valence-corrected chi connectivity index (χ3v) is 5.48. The number of carbonyl (C=O) groups excluding carboxylic acids is 1. The molecule has 1 aliphatic carbocycles. The topological polar surface area (TPSA) is 53.0 Å². The van der Waals surface area contributed by atoms with Crippen LogP contribution in [0.15, 0.2) is 24.3 Å². The number of nitrogens with zero attached hydrogens (tertiary/aromatic N) is 2. The molecule has 5 nitrogen and oxygen atoms in total. The first-order valence-electron chi connectivity index (χ1n) is 9.23.